The third-order valence-electron chi connectivity index (χ3n) is 1.90. The molecule has 0 saturated carbocycles. The van der Waals surface area contributed by atoms with Crippen LogP contribution in [0.4, 0.5) is 4.39 Å². The SMILES string of the molecule is CC(C)(F)S(=O)(=O)C1=CC=CCC=C1. The van der Waals surface area contributed by atoms with E-state index in [0.29, 0.717) is 6.42 Å². The van der Waals surface area contributed by atoms with Crippen molar-refractivity contribution in [2.45, 2.75) is 25.3 Å². The summed E-state index contributed by atoms with van der Waals surface area (Å²) in [5.74, 6) is 0. The third kappa shape index (κ3) is 2.12. The molecule has 0 spiro atoms. The molecule has 78 valence electrons. The van der Waals surface area contributed by atoms with Gasteiger partial charge in [-0.3, -0.25) is 0 Å². The average Bonchev–Trinajstić information content (AvgIpc) is 2.29. The first-order chi connectivity index (χ1) is 6.36. The first kappa shape index (κ1) is 11.2. The van der Waals surface area contributed by atoms with Gasteiger partial charge in [-0.25, -0.2) is 12.8 Å². The van der Waals surface area contributed by atoms with Gasteiger partial charge in [-0.05, 0) is 32.4 Å². The van der Waals surface area contributed by atoms with Gasteiger partial charge in [0, 0.05) is 0 Å². The number of sulfone groups is 1. The van der Waals surface area contributed by atoms with Gasteiger partial charge in [0.2, 0.25) is 14.8 Å². The van der Waals surface area contributed by atoms with Gasteiger partial charge in [0.05, 0.1) is 4.91 Å². The summed E-state index contributed by atoms with van der Waals surface area (Å²) in [7, 11) is -3.87. The lowest BCUT2D eigenvalue weighted by atomic mass is 10.4. The van der Waals surface area contributed by atoms with E-state index >= 15 is 0 Å². The van der Waals surface area contributed by atoms with Crippen LogP contribution in [0.2, 0.25) is 0 Å². The van der Waals surface area contributed by atoms with Gasteiger partial charge < -0.3 is 0 Å². The molecule has 0 aromatic rings. The molecule has 1 aliphatic carbocycles. The Balaban J connectivity index is 3.17. The van der Waals surface area contributed by atoms with E-state index in [1.165, 1.54) is 12.2 Å². The number of allylic oxidation sites excluding steroid dienone is 5. The topological polar surface area (TPSA) is 34.1 Å². The molecule has 0 saturated heterocycles. The van der Waals surface area contributed by atoms with E-state index in [-0.39, 0.29) is 4.91 Å². The fraction of sp³-hybridized carbons (Fsp3) is 0.400. The Morgan fingerprint density at radius 2 is 2.00 bits per heavy atom. The standard InChI is InChI=1S/C10H13FO2S/c1-10(2,11)14(12,13)9-7-5-3-4-6-8-9/h3,5-8H,4H2,1-2H3. The van der Waals surface area contributed by atoms with Crippen LogP contribution in [0, 0.1) is 0 Å². The van der Waals surface area contributed by atoms with Gasteiger partial charge in [-0.2, -0.15) is 0 Å². The molecular formula is C10H13FO2S. The van der Waals surface area contributed by atoms with E-state index in [1.807, 2.05) is 6.08 Å². The maximum Gasteiger partial charge on any atom is 0.212 e. The van der Waals surface area contributed by atoms with Gasteiger partial charge in [-0.15, -0.1) is 0 Å². The van der Waals surface area contributed by atoms with Crippen LogP contribution in [0.3, 0.4) is 0 Å². The number of hydrogen-bond acceptors (Lipinski definition) is 2. The number of alkyl halides is 1. The van der Waals surface area contributed by atoms with Crippen LogP contribution in [-0.4, -0.2) is 13.4 Å². The monoisotopic (exact) mass is 216 g/mol. The van der Waals surface area contributed by atoms with Gasteiger partial charge in [0.25, 0.3) is 0 Å². The lowest BCUT2D eigenvalue weighted by Crippen LogP contribution is -2.27. The lowest BCUT2D eigenvalue weighted by Gasteiger charge is -2.15. The van der Waals surface area contributed by atoms with Crippen molar-refractivity contribution in [3.05, 3.63) is 35.3 Å². The van der Waals surface area contributed by atoms with Crippen molar-refractivity contribution in [2.75, 3.05) is 0 Å². The quantitative estimate of drug-likeness (QED) is 0.710. The van der Waals surface area contributed by atoms with E-state index in [0.717, 1.165) is 13.8 Å². The van der Waals surface area contributed by atoms with Gasteiger partial charge in [0.1, 0.15) is 0 Å². The molecule has 0 aromatic heterocycles. The minimum Gasteiger partial charge on any atom is -0.227 e. The molecule has 0 amide bonds. The summed E-state index contributed by atoms with van der Waals surface area (Å²) < 4.78 is 36.7. The minimum absolute atomic E-state index is 0.0266. The Bertz CT molecular complexity index is 394. The Kier molecular flexibility index (Phi) is 2.95. The zero-order valence-electron chi connectivity index (χ0n) is 8.20. The molecule has 0 aliphatic heterocycles. The van der Waals surface area contributed by atoms with Crippen LogP contribution in [0.15, 0.2) is 35.3 Å². The van der Waals surface area contributed by atoms with Crippen molar-refractivity contribution < 1.29 is 12.8 Å². The summed E-state index contributed by atoms with van der Waals surface area (Å²) in [6, 6.07) is 0. The smallest absolute Gasteiger partial charge is 0.212 e. The van der Waals surface area contributed by atoms with Crippen LogP contribution in [0.5, 0.6) is 0 Å². The molecule has 0 aromatic carbocycles. The molecule has 4 heteroatoms. The lowest BCUT2D eigenvalue weighted by molar-refractivity contribution is 0.322. The number of rotatable bonds is 2. The summed E-state index contributed by atoms with van der Waals surface area (Å²) in [4.78, 5) is 0.0266. The molecule has 0 atom stereocenters. The van der Waals surface area contributed by atoms with E-state index in [1.54, 1.807) is 12.2 Å². The van der Waals surface area contributed by atoms with Crippen molar-refractivity contribution in [3.63, 3.8) is 0 Å². The largest absolute Gasteiger partial charge is 0.227 e. The molecule has 0 heterocycles. The maximum atomic E-state index is 13.4. The normalized spacial score (nSPS) is 17.8. The van der Waals surface area contributed by atoms with Crippen molar-refractivity contribution in [3.8, 4) is 0 Å². The minimum atomic E-state index is -3.87. The highest BCUT2D eigenvalue weighted by Gasteiger charge is 2.36. The predicted molar refractivity (Wildman–Crippen MR) is 55.1 cm³/mol. The highest BCUT2D eigenvalue weighted by molar-refractivity contribution is 7.96. The van der Waals surface area contributed by atoms with E-state index in [4.69, 9.17) is 0 Å². The summed E-state index contributed by atoms with van der Waals surface area (Å²) in [6.07, 6.45) is 8.65. The second-order valence-electron chi connectivity index (χ2n) is 3.50. The van der Waals surface area contributed by atoms with Crippen molar-refractivity contribution >= 4 is 9.84 Å². The summed E-state index contributed by atoms with van der Waals surface area (Å²) >= 11 is 0. The zero-order chi connectivity index (χ0) is 10.8. The van der Waals surface area contributed by atoms with E-state index in [2.05, 4.69) is 0 Å². The molecule has 1 rings (SSSR count). The first-order valence-electron chi connectivity index (χ1n) is 4.32. The average molecular weight is 216 g/mol. The fourth-order valence-electron chi connectivity index (χ4n) is 1.02. The third-order valence-corrected chi connectivity index (χ3v) is 4.07. The molecule has 0 bridgehead atoms. The molecular weight excluding hydrogens is 203 g/mol. The Morgan fingerprint density at radius 1 is 1.36 bits per heavy atom. The van der Waals surface area contributed by atoms with E-state index < -0.39 is 14.8 Å². The van der Waals surface area contributed by atoms with Gasteiger partial charge in [0.15, 0.2) is 0 Å². The van der Waals surface area contributed by atoms with E-state index in [9.17, 15) is 12.8 Å². The molecule has 2 nitrogen and oxygen atoms in total. The van der Waals surface area contributed by atoms with Crippen molar-refractivity contribution in [1.29, 1.82) is 0 Å². The molecule has 0 unspecified atom stereocenters. The highest BCUT2D eigenvalue weighted by Crippen LogP contribution is 2.27. The van der Waals surface area contributed by atoms with Gasteiger partial charge >= 0.3 is 0 Å². The van der Waals surface area contributed by atoms with Crippen LogP contribution >= 0.6 is 0 Å². The zero-order valence-corrected chi connectivity index (χ0v) is 9.01. The van der Waals surface area contributed by atoms with Gasteiger partial charge in [-0.1, -0.05) is 18.2 Å². The first-order valence-corrected chi connectivity index (χ1v) is 5.81. The maximum absolute atomic E-state index is 13.4. The Morgan fingerprint density at radius 3 is 2.57 bits per heavy atom. The van der Waals surface area contributed by atoms with Crippen LogP contribution in [-0.2, 0) is 9.84 Å². The Hall–Kier alpha value is -0.900. The van der Waals surface area contributed by atoms with Crippen molar-refractivity contribution in [2.24, 2.45) is 0 Å². The molecule has 14 heavy (non-hydrogen) atoms. The fourth-order valence-corrected chi connectivity index (χ4v) is 2.11. The van der Waals surface area contributed by atoms with Crippen LogP contribution < -0.4 is 0 Å². The second kappa shape index (κ2) is 3.69. The highest BCUT2D eigenvalue weighted by atomic mass is 32.2. The molecule has 0 fully saturated rings. The van der Waals surface area contributed by atoms with Crippen molar-refractivity contribution in [1.82, 2.24) is 0 Å². The predicted octanol–water partition coefficient (Wildman–Crippen LogP) is 2.51. The molecule has 0 radical (unpaired) electrons. The number of hydrogen-bond donors (Lipinski definition) is 0. The summed E-state index contributed by atoms with van der Waals surface area (Å²) in [5.41, 5.74) is 0. The van der Waals surface area contributed by atoms with Crippen LogP contribution in [0.25, 0.3) is 0 Å². The molecule has 1 aliphatic rings. The van der Waals surface area contributed by atoms with Crippen LogP contribution in [0.1, 0.15) is 20.3 Å². The number of halogens is 1. The summed E-state index contributed by atoms with van der Waals surface area (Å²) in [6.45, 7) is 2.09. The molecule has 0 N–H and O–H groups in total. The second-order valence-corrected chi connectivity index (χ2v) is 5.95. The Labute approximate surface area is 83.7 Å². The summed E-state index contributed by atoms with van der Waals surface area (Å²) in [5, 5.41) is -2.23.